The quantitative estimate of drug-likeness (QED) is 0.859. The highest BCUT2D eigenvalue weighted by molar-refractivity contribution is 5.79. The predicted octanol–water partition coefficient (Wildman–Crippen LogP) is 2.93. The molecule has 120 valence electrons. The van der Waals surface area contributed by atoms with Crippen molar-refractivity contribution < 1.29 is 4.79 Å². The Hall–Kier alpha value is -1.39. The van der Waals surface area contributed by atoms with Gasteiger partial charge in [0.2, 0.25) is 5.91 Å². The number of amides is 1. The minimum absolute atomic E-state index is 0.156. The van der Waals surface area contributed by atoms with Crippen molar-refractivity contribution in [1.29, 1.82) is 0 Å². The smallest absolute Gasteiger partial charge is 0.226 e. The summed E-state index contributed by atoms with van der Waals surface area (Å²) in [6.07, 6.45) is 12.5. The first kappa shape index (κ1) is 14.2. The van der Waals surface area contributed by atoms with Crippen LogP contribution < -0.4 is 0 Å². The number of hydrogen-bond acceptors (Lipinski definition) is 3. The van der Waals surface area contributed by atoms with E-state index in [1.807, 2.05) is 6.33 Å². The molecule has 0 radical (unpaired) electrons. The van der Waals surface area contributed by atoms with Crippen LogP contribution in [0.4, 0.5) is 0 Å². The van der Waals surface area contributed by atoms with Crippen molar-refractivity contribution in [3.8, 4) is 0 Å². The molecule has 3 fully saturated rings. The Morgan fingerprint density at radius 1 is 1.09 bits per heavy atom. The van der Waals surface area contributed by atoms with Gasteiger partial charge in [-0.25, -0.2) is 0 Å². The van der Waals surface area contributed by atoms with E-state index in [4.69, 9.17) is 0 Å². The molecule has 2 heterocycles. The van der Waals surface area contributed by atoms with E-state index in [1.165, 1.54) is 32.1 Å². The Labute approximate surface area is 132 Å². The first-order chi connectivity index (χ1) is 10.8. The van der Waals surface area contributed by atoms with E-state index in [9.17, 15) is 4.79 Å². The number of carbonyl (C=O) groups excluding carboxylic acids is 1. The maximum Gasteiger partial charge on any atom is 0.226 e. The number of likely N-dealkylation sites (tertiary alicyclic amines) is 1. The van der Waals surface area contributed by atoms with Crippen molar-refractivity contribution >= 4 is 5.91 Å². The van der Waals surface area contributed by atoms with Gasteiger partial charge in [0.1, 0.15) is 6.33 Å². The summed E-state index contributed by atoms with van der Waals surface area (Å²) in [5.74, 6) is 2.47. The average molecular weight is 302 g/mol. The van der Waals surface area contributed by atoms with Crippen LogP contribution in [0.5, 0.6) is 0 Å². The molecule has 22 heavy (non-hydrogen) atoms. The summed E-state index contributed by atoms with van der Waals surface area (Å²) in [5.41, 5.74) is 0. The molecule has 4 rings (SSSR count). The van der Waals surface area contributed by atoms with Gasteiger partial charge in [-0.2, -0.15) is 0 Å². The van der Waals surface area contributed by atoms with Gasteiger partial charge in [0.05, 0.1) is 6.04 Å². The minimum atomic E-state index is 0.156. The van der Waals surface area contributed by atoms with Crippen LogP contribution in [-0.2, 0) is 11.3 Å². The van der Waals surface area contributed by atoms with Gasteiger partial charge in [-0.3, -0.25) is 4.79 Å². The van der Waals surface area contributed by atoms with Gasteiger partial charge in [-0.15, -0.1) is 10.2 Å². The second kappa shape index (κ2) is 6.01. The summed E-state index contributed by atoms with van der Waals surface area (Å²) >= 11 is 0. The second-order valence-electron chi connectivity index (χ2n) is 7.31. The van der Waals surface area contributed by atoms with Crippen LogP contribution >= 0.6 is 0 Å². The minimum Gasteiger partial charge on any atom is -0.332 e. The fourth-order valence-electron chi connectivity index (χ4n) is 4.11. The van der Waals surface area contributed by atoms with Crippen LogP contribution in [-0.4, -0.2) is 32.1 Å². The topological polar surface area (TPSA) is 51.0 Å². The summed E-state index contributed by atoms with van der Waals surface area (Å²) in [7, 11) is 0. The van der Waals surface area contributed by atoms with Crippen molar-refractivity contribution in [2.24, 2.45) is 11.8 Å². The van der Waals surface area contributed by atoms with Gasteiger partial charge in [0.15, 0.2) is 5.82 Å². The fraction of sp³-hybridized carbons (Fsp3) is 0.824. The number of hydrogen-bond donors (Lipinski definition) is 0. The highest BCUT2D eigenvalue weighted by atomic mass is 16.2. The molecule has 2 saturated carbocycles. The summed E-state index contributed by atoms with van der Waals surface area (Å²) < 4.78 is 2.21. The van der Waals surface area contributed by atoms with E-state index in [1.54, 1.807) is 0 Å². The Kier molecular flexibility index (Phi) is 3.89. The maximum atomic E-state index is 12.9. The molecule has 5 nitrogen and oxygen atoms in total. The lowest BCUT2D eigenvalue weighted by molar-refractivity contribution is -0.139. The van der Waals surface area contributed by atoms with Gasteiger partial charge in [0.25, 0.3) is 0 Å². The number of piperidine rings is 1. The Morgan fingerprint density at radius 3 is 2.64 bits per heavy atom. The third kappa shape index (κ3) is 2.77. The SMILES string of the molecule is O=C(C1CCCC1)N1CCCC[C@@H]1c1nncn1CC1CC1. The molecule has 1 aromatic rings. The van der Waals surface area contributed by atoms with Gasteiger partial charge < -0.3 is 9.47 Å². The summed E-state index contributed by atoms with van der Waals surface area (Å²) in [6, 6.07) is 0.156. The molecule has 3 aliphatic rings. The second-order valence-corrected chi connectivity index (χ2v) is 7.31. The normalized spacial score (nSPS) is 26.5. The lowest BCUT2D eigenvalue weighted by atomic mass is 9.97. The Bertz CT molecular complexity index is 531. The molecule has 1 amide bonds. The first-order valence-corrected chi connectivity index (χ1v) is 9.01. The van der Waals surface area contributed by atoms with Gasteiger partial charge in [-0.05, 0) is 50.9 Å². The van der Waals surface area contributed by atoms with Crippen LogP contribution in [0.3, 0.4) is 0 Å². The number of carbonyl (C=O) groups is 1. The zero-order valence-electron chi connectivity index (χ0n) is 13.3. The van der Waals surface area contributed by atoms with E-state index in [-0.39, 0.29) is 12.0 Å². The third-order valence-corrected chi connectivity index (χ3v) is 5.59. The van der Waals surface area contributed by atoms with E-state index in [2.05, 4.69) is 19.7 Å². The highest BCUT2D eigenvalue weighted by Crippen LogP contribution is 2.36. The van der Waals surface area contributed by atoms with Crippen LogP contribution in [0.15, 0.2) is 6.33 Å². The van der Waals surface area contributed by atoms with E-state index in [0.29, 0.717) is 5.91 Å². The molecule has 1 atom stereocenters. The molecule has 5 heteroatoms. The van der Waals surface area contributed by atoms with Crippen LogP contribution in [0.25, 0.3) is 0 Å². The van der Waals surface area contributed by atoms with Crippen LogP contribution in [0, 0.1) is 11.8 Å². The largest absolute Gasteiger partial charge is 0.332 e. The zero-order valence-corrected chi connectivity index (χ0v) is 13.3. The molecule has 1 aromatic heterocycles. The lowest BCUT2D eigenvalue weighted by Crippen LogP contribution is -2.42. The maximum absolute atomic E-state index is 12.9. The van der Waals surface area contributed by atoms with Crippen molar-refractivity contribution in [2.75, 3.05) is 6.54 Å². The van der Waals surface area contributed by atoms with Gasteiger partial charge in [-0.1, -0.05) is 12.8 Å². The van der Waals surface area contributed by atoms with E-state index >= 15 is 0 Å². The van der Waals surface area contributed by atoms with Crippen LogP contribution in [0.1, 0.15) is 69.7 Å². The third-order valence-electron chi connectivity index (χ3n) is 5.59. The molecule has 0 aromatic carbocycles. The monoisotopic (exact) mass is 302 g/mol. The van der Waals surface area contributed by atoms with E-state index in [0.717, 1.165) is 50.5 Å². The van der Waals surface area contributed by atoms with Crippen molar-refractivity contribution in [3.05, 3.63) is 12.2 Å². The van der Waals surface area contributed by atoms with Crippen molar-refractivity contribution in [3.63, 3.8) is 0 Å². The van der Waals surface area contributed by atoms with Gasteiger partial charge >= 0.3 is 0 Å². The number of rotatable bonds is 4. The highest BCUT2D eigenvalue weighted by Gasteiger charge is 2.36. The fourth-order valence-corrected chi connectivity index (χ4v) is 4.11. The Balaban J connectivity index is 1.54. The molecule has 0 bridgehead atoms. The molecule has 2 aliphatic carbocycles. The molecular formula is C17H26N4O. The lowest BCUT2D eigenvalue weighted by Gasteiger charge is -2.36. The first-order valence-electron chi connectivity index (χ1n) is 9.01. The zero-order chi connectivity index (χ0) is 14.9. The Morgan fingerprint density at radius 2 is 1.86 bits per heavy atom. The average Bonchev–Trinajstić information content (AvgIpc) is 3.03. The summed E-state index contributed by atoms with van der Waals surface area (Å²) in [6.45, 7) is 1.93. The van der Waals surface area contributed by atoms with E-state index < -0.39 is 0 Å². The number of aromatic nitrogens is 3. The van der Waals surface area contributed by atoms with Crippen molar-refractivity contribution in [2.45, 2.75) is 70.4 Å². The molecule has 0 spiro atoms. The molecule has 0 N–H and O–H groups in total. The molecule has 1 aliphatic heterocycles. The standard InChI is InChI=1S/C17H26N4O/c22-17(14-5-1-2-6-14)21-10-4-3-7-15(21)16-19-18-12-20(16)11-13-8-9-13/h12-15H,1-11H2/t15-/m1/s1. The molecular weight excluding hydrogens is 276 g/mol. The predicted molar refractivity (Wildman–Crippen MR) is 83.0 cm³/mol. The summed E-state index contributed by atoms with van der Waals surface area (Å²) in [5, 5.41) is 8.54. The molecule has 1 saturated heterocycles. The summed E-state index contributed by atoms with van der Waals surface area (Å²) in [4.78, 5) is 15.1. The van der Waals surface area contributed by atoms with Gasteiger partial charge in [0, 0.05) is 19.0 Å². The number of nitrogens with zero attached hydrogens (tertiary/aromatic N) is 4. The van der Waals surface area contributed by atoms with Crippen LogP contribution in [0.2, 0.25) is 0 Å². The van der Waals surface area contributed by atoms with Crippen molar-refractivity contribution in [1.82, 2.24) is 19.7 Å². The molecule has 0 unspecified atom stereocenters.